The number of benzene rings is 2. The highest BCUT2D eigenvalue weighted by Gasteiger charge is 2.28. The number of aromatic nitrogens is 1. The SMILES string of the molecule is O=C(O)c1ccc(S(=O)(=O)N(Cc2ccccc2)c2ncc(-c3ccco3)cc2Cl)cc1. The first-order valence-corrected chi connectivity index (χ1v) is 11.3. The van der Waals surface area contributed by atoms with Gasteiger partial charge in [0.15, 0.2) is 5.82 Å². The number of anilines is 1. The predicted octanol–water partition coefficient (Wildman–Crippen LogP) is 5.09. The summed E-state index contributed by atoms with van der Waals surface area (Å²) >= 11 is 6.48. The maximum Gasteiger partial charge on any atom is 0.335 e. The monoisotopic (exact) mass is 468 g/mol. The van der Waals surface area contributed by atoms with E-state index in [-0.39, 0.29) is 27.8 Å². The van der Waals surface area contributed by atoms with Gasteiger partial charge in [-0.25, -0.2) is 22.5 Å². The van der Waals surface area contributed by atoms with Crippen molar-refractivity contribution < 1.29 is 22.7 Å². The van der Waals surface area contributed by atoms with Crippen molar-refractivity contribution in [1.82, 2.24) is 4.98 Å². The van der Waals surface area contributed by atoms with E-state index < -0.39 is 16.0 Å². The fourth-order valence-corrected chi connectivity index (χ4v) is 4.86. The van der Waals surface area contributed by atoms with Gasteiger partial charge in [0.2, 0.25) is 0 Å². The van der Waals surface area contributed by atoms with Crippen molar-refractivity contribution in [2.24, 2.45) is 0 Å². The first-order chi connectivity index (χ1) is 15.4. The van der Waals surface area contributed by atoms with Crippen LogP contribution in [0.15, 0.2) is 94.6 Å². The normalized spacial score (nSPS) is 11.3. The molecule has 0 aliphatic carbocycles. The van der Waals surface area contributed by atoms with E-state index in [0.29, 0.717) is 11.3 Å². The van der Waals surface area contributed by atoms with Crippen LogP contribution < -0.4 is 4.31 Å². The summed E-state index contributed by atoms with van der Waals surface area (Å²) in [4.78, 5) is 15.4. The first-order valence-electron chi connectivity index (χ1n) is 9.46. The molecule has 0 bridgehead atoms. The van der Waals surface area contributed by atoms with Crippen molar-refractivity contribution in [3.63, 3.8) is 0 Å². The third-order valence-corrected chi connectivity index (χ3v) is 6.75. The van der Waals surface area contributed by atoms with Crippen molar-refractivity contribution in [1.29, 1.82) is 0 Å². The van der Waals surface area contributed by atoms with Crippen LogP contribution in [0.3, 0.4) is 0 Å². The van der Waals surface area contributed by atoms with Crippen LogP contribution in [0.2, 0.25) is 5.02 Å². The average Bonchev–Trinajstić information content (AvgIpc) is 3.33. The molecular formula is C23H17ClN2O5S. The minimum atomic E-state index is -4.11. The van der Waals surface area contributed by atoms with Crippen LogP contribution in [0.5, 0.6) is 0 Å². The smallest absolute Gasteiger partial charge is 0.335 e. The minimum Gasteiger partial charge on any atom is -0.478 e. The molecule has 32 heavy (non-hydrogen) atoms. The third-order valence-electron chi connectivity index (χ3n) is 4.72. The molecule has 0 saturated heterocycles. The second-order valence-corrected chi connectivity index (χ2v) is 9.10. The van der Waals surface area contributed by atoms with E-state index in [4.69, 9.17) is 21.1 Å². The largest absolute Gasteiger partial charge is 0.478 e. The first kappa shape index (κ1) is 21.6. The molecule has 0 aliphatic rings. The number of furan rings is 1. The maximum atomic E-state index is 13.5. The van der Waals surface area contributed by atoms with Crippen LogP contribution in [0.4, 0.5) is 5.82 Å². The van der Waals surface area contributed by atoms with Gasteiger partial charge in [0.05, 0.1) is 28.3 Å². The zero-order chi connectivity index (χ0) is 22.7. The molecule has 0 radical (unpaired) electrons. The second-order valence-electron chi connectivity index (χ2n) is 6.83. The molecule has 0 saturated carbocycles. The van der Waals surface area contributed by atoms with Crippen LogP contribution >= 0.6 is 11.6 Å². The lowest BCUT2D eigenvalue weighted by Crippen LogP contribution is -2.31. The summed E-state index contributed by atoms with van der Waals surface area (Å²) < 4.78 is 33.6. The molecule has 4 aromatic rings. The lowest BCUT2D eigenvalue weighted by Gasteiger charge is -2.24. The predicted molar refractivity (Wildman–Crippen MR) is 120 cm³/mol. The Hall–Kier alpha value is -3.62. The molecule has 7 nitrogen and oxygen atoms in total. The van der Waals surface area contributed by atoms with E-state index in [1.54, 1.807) is 42.5 Å². The van der Waals surface area contributed by atoms with Crippen LogP contribution in [0.1, 0.15) is 15.9 Å². The average molecular weight is 469 g/mol. The van der Waals surface area contributed by atoms with Gasteiger partial charge in [0.25, 0.3) is 10.0 Å². The Labute approximate surface area is 189 Å². The van der Waals surface area contributed by atoms with Gasteiger partial charge in [-0.15, -0.1) is 0 Å². The number of halogens is 1. The third kappa shape index (κ3) is 4.37. The van der Waals surface area contributed by atoms with Crippen LogP contribution in [-0.2, 0) is 16.6 Å². The Kier molecular flexibility index (Phi) is 5.98. The van der Waals surface area contributed by atoms with Crippen molar-refractivity contribution in [2.75, 3.05) is 4.31 Å². The topological polar surface area (TPSA) is 101 Å². The molecule has 1 N–H and O–H groups in total. The zero-order valence-corrected chi connectivity index (χ0v) is 18.1. The minimum absolute atomic E-state index is 0.0162. The summed E-state index contributed by atoms with van der Waals surface area (Å²) in [7, 11) is -4.11. The number of carboxylic acids is 1. The zero-order valence-electron chi connectivity index (χ0n) is 16.6. The molecule has 0 aliphatic heterocycles. The Morgan fingerprint density at radius 1 is 1.03 bits per heavy atom. The fraction of sp³-hybridized carbons (Fsp3) is 0.0435. The summed E-state index contributed by atoms with van der Waals surface area (Å²) in [6.45, 7) is -0.0172. The highest BCUT2D eigenvalue weighted by atomic mass is 35.5. The van der Waals surface area contributed by atoms with Crippen molar-refractivity contribution in [3.05, 3.63) is 101 Å². The summed E-state index contributed by atoms with van der Waals surface area (Å²) in [5, 5.41) is 9.23. The van der Waals surface area contributed by atoms with Crippen LogP contribution in [-0.4, -0.2) is 24.5 Å². The molecule has 0 atom stereocenters. The van der Waals surface area contributed by atoms with Crippen molar-refractivity contribution in [3.8, 4) is 11.3 Å². The van der Waals surface area contributed by atoms with E-state index in [1.807, 2.05) is 6.07 Å². The number of hydrogen-bond acceptors (Lipinski definition) is 5. The molecule has 0 spiro atoms. The highest BCUT2D eigenvalue weighted by molar-refractivity contribution is 7.92. The van der Waals surface area contributed by atoms with Gasteiger partial charge in [-0.2, -0.15) is 0 Å². The summed E-state index contributed by atoms with van der Waals surface area (Å²) in [5.41, 5.74) is 1.32. The molecular weight excluding hydrogens is 452 g/mol. The second kappa shape index (κ2) is 8.86. The molecule has 0 fully saturated rings. The Morgan fingerprint density at radius 2 is 1.75 bits per heavy atom. The van der Waals surface area contributed by atoms with Gasteiger partial charge >= 0.3 is 5.97 Å². The molecule has 4 rings (SSSR count). The standard InChI is InChI=1S/C23H17ClN2O5S/c24-20-13-18(21-7-4-12-31-21)14-25-22(20)26(15-16-5-2-1-3-6-16)32(29,30)19-10-8-17(9-11-19)23(27)28/h1-14H,15H2,(H,27,28). The lowest BCUT2D eigenvalue weighted by molar-refractivity contribution is 0.0696. The number of aromatic carboxylic acids is 1. The fourth-order valence-electron chi connectivity index (χ4n) is 3.11. The molecule has 2 aromatic carbocycles. The highest BCUT2D eigenvalue weighted by Crippen LogP contribution is 2.33. The summed E-state index contributed by atoms with van der Waals surface area (Å²) in [6.07, 6.45) is 3.01. The van der Waals surface area contributed by atoms with Crippen molar-refractivity contribution in [2.45, 2.75) is 11.4 Å². The number of nitrogens with zero attached hydrogens (tertiary/aromatic N) is 2. The van der Waals surface area contributed by atoms with E-state index in [0.717, 1.165) is 9.87 Å². The Morgan fingerprint density at radius 3 is 2.34 bits per heavy atom. The Balaban J connectivity index is 1.79. The number of carboxylic acid groups (broad SMARTS) is 1. The summed E-state index contributed by atoms with van der Waals surface area (Å²) in [6, 6.07) is 19.1. The number of pyridine rings is 1. The number of carbonyl (C=O) groups is 1. The molecule has 0 amide bonds. The van der Waals surface area contributed by atoms with E-state index in [2.05, 4.69) is 4.98 Å². The number of sulfonamides is 1. The van der Waals surface area contributed by atoms with E-state index in [9.17, 15) is 13.2 Å². The number of rotatable bonds is 7. The van der Waals surface area contributed by atoms with Gasteiger partial charge in [0, 0.05) is 11.8 Å². The number of hydrogen-bond donors (Lipinski definition) is 1. The molecule has 2 heterocycles. The van der Waals surface area contributed by atoms with Crippen molar-refractivity contribution >= 4 is 33.4 Å². The molecule has 9 heteroatoms. The van der Waals surface area contributed by atoms with Gasteiger partial charge in [-0.3, -0.25) is 0 Å². The molecule has 0 unspecified atom stereocenters. The quantitative estimate of drug-likeness (QED) is 0.405. The van der Waals surface area contributed by atoms with Gasteiger partial charge in [-0.05, 0) is 48.0 Å². The van der Waals surface area contributed by atoms with Crippen LogP contribution in [0.25, 0.3) is 11.3 Å². The Bertz CT molecular complexity index is 1340. The van der Waals surface area contributed by atoms with Gasteiger partial charge < -0.3 is 9.52 Å². The lowest BCUT2D eigenvalue weighted by atomic mass is 10.2. The van der Waals surface area contributed by atoms with E-state index >= 15 is 0 Å². The van der Waals surface area contributed by atoms with Gasteiger partial charge in [-0.1, -0.05) is 41.9 Å². The van der Waals surface area contributed by atoms with Crippen LogP contribution in [0, 0.1) is 0 Å². The molecule has 162 valence electrons. The maximum absolute atomic E-state index is 13.5. The van der Waals surface area contributed by atoms with E-state index in [1.165, 1.54) is 36.7 Å². The van der Waals surface area contributed by atoms with Gasteiger partial charge in [0.1, 0.15) is 5.76 Å². The summed E-state index contributed by atoms with van der Waals surface area (Å²) in [5.74, 6) is -0.547. The molecule has 2 aromatic heterocycles.